The van der Waals surface area contributed by atoms with Gasteiger partial charge in [0, 0.05) is 22.9 Å². The van der Waals surface area contributed by atoms with E-state index in [-0.39, 0.29) is 12.1 Å². The summed E-state index contributed by atoms with van der Waals surface area (Å²) in [4.78, 5) is 14.0. The highest BCUT2D eigenvalue weighted by Crippen LogP contribution is 2.32. The molecule has 0 aliphatic heterocycles. The lowest BCUT2D eigenvalue weighted by Crippen LogP contribution is -2.25. The van der Waals surface area contributed by atoms with Crippen LogP contribution in [0.3, 0.4) is 0 Å². The topological polar surface area (TPSA) is 49.1 Å². The van der Waals surface area contributed by atoms with Gasteiger partial charge in [-0.05, 0) is 31.2 Å². The molecule has 0 bridgehead atoms. The Kier molecular flexibility index (Phi) is 4.18. The van der Waals surface area contributed by atoms with Crippen molar-refractivity contribution in [2.75, 3.05) is 0 Å². The molecule has 0 aliphatic carbocycles. The summed E-state index contributed by atoms with van der Waals surface area (Å²) in [5.41, 5.74) is 0.699. The monoisotopic (exact) mass is 411 g/mol. The normalized spacial score (nSPS) is 12.2. The molecule has 0 unspecified atom stereocenters. The van der Waals surface area contributed by atoms with E-state index in [9.17, 15) is 22.4 Å². The van der Waals surface area contributed by atoms with Gasteiger partial charge in [0.2, 0.25) is 0 Å². The molecule has 0 saturated heterocycles. The van der Waals surface area contributed by atoms with Crippen LogP contribution in [0.2, 0.25) is 0 Å². The maximum absolute atomic E-state index is 14.1. The summed E-state index contributed by atoms with van der Waals surface area (Å²) in [6.07, 6.45) is -3.38. The summed E-state index contributed by atoms with van der Waals surface area (Å²) in [7, 11) is 1.75. The van der Waals surface area contributed by atoms with Crippen molar-refractivity contribution < 1.29 is 22.3 Å². The number of aromatic nitrogens is 3. The van der Waals surface area contributed by atoms with Crippen molar-refractivity contribution in [1.29, 1.82) is 0 Å². The Bertz CT molecular complexity index is 1270. The Morgan fingerprint density at radius 1 is 1.25 bits per heavy atom. The number of thiophene rings is 1. The highest BCUT2D eigenvalue weighted by Gasteiger charge is 2.31. The molecule has 0 saturated carbocycles. The molecule has 0 N–H and O–H groups in total. The van der Waals surface area contributed by atoms with Gasteiger partial charge >= 0.3 is 6.36 Å². The molecule has 1 aromatic carbocycles. The lowest BCUT2D eigenvalue weighted by Gasteiger charge is -2.11. The smallest absolute Gasteiger partial charge is 0.406 e. The zero-order chi connectivity index (χ0) is 20.2. The van der Waals surface area contributed by atoms with Crippen LogP contribution in [0.4, 0.5) is 17.6 Å². The molecule has 10 heteroatoms. The van der Waals surface area contributed by atoms with E-state index in [1.807, 2.05) is 13.0 Å². The third-order valence-corrected chi connectivity index (χ3v) is 5.44. The molecule has 5 nitrogen and oxygen atoms in total. The number of hydrogen-bond acceptors (Lipinski definition) is 4. The van der Waals surface area contributed by atoms with E-state index in [4.69, 9.17) is 0 Å². The van der Waals surface area contributed by atoms with Crippen LogP contribution in [-0.2, 0) is 13.6 Å². The number of hydrogen-bond donors (Lipinski definition) is 0. The van der Waals surface area contributed by atoms with Crippen molar-refractivity contribution in [3.63, 3.8) is 0 Å². The number of nitrogens with zero attached hydrogens (tertiary/aromatic N) is 3. The van der Waals surface area contributed by atoms with Crippen LogP contribution in [0.15, 0.2) is 35.3 Å². The molecule has 4 rings (SSSR count). The summed E-state index contributed by atoms with van der Waals surface area (Å²) in [5, 5.41) is 4.77. The molecule has 0 atom stereocenters. The molecular weight excluding hydrogens is 398 g/mol. The number of benzene rings is 1. The highest BCUT2D eigenvalue weighted by molar-refractivity contribution is 7.20. The van der Waals surface area contributed by atoms with Gasteiger partial charge < -0.3 is 9.30 Å². The lowest BCUT2D eigenvalue weighted by atomic mass is 10.2. The number of alkyl halides is 3. The third-order valence-electron chi connectivity index (χ3n) is 4.37. The second-order valence-corrected chi connectivity index (χ2v) is 7.56. The van der Waals surface area contributed by atoms with Gasteiger partial charge in [0.05, 0.1) is 23.0 Å². The minimum atomic E-state index is -4.89. The third kappa shape index (κ3) is 3.13. The molecule has 0 spiro atoms. The standard InChI is InChI=1S/C18H13F4N3O2S/c1-9-5-14-16(28-9)12-7-23-25(17(26)15(12)24(14)2)8-10-6-11(3-4-13(10)19)27-18(20,21)22/h3-7H,8H2,1-2H3. The van der Waals surface area contributed by atoms with Gasteiger partial charge in [-0.15, -0.1) is 24.5 Å². The van der Waals surface area contributed by atoms with Crippen molar-refractivity contribution in [1.82, 2.24) is 14.3 Å². The van der Waals surface area contributed by atoms with E-state index in [2.05, 4.69) is 9.84 Å². The molecule has 0 amide bonds. The molecule has 0 radical (unpaired) electrons. The van der Waals surface area contributed by atoms with E-state index < -0.39 is 23.5 Å². The first-order valence-electron chi connectivity index (χ1n) is 8.13. The summed E-state index contributed by atoms with van der Waals surface area (Å²) in [6.45, 7) is 1.64. The van der Waals surface area contributed by atoms with Gasteiger partial charge in [0.15, 0.2) is 0 Å². The Hall–Kier alpha value is -2.88. The number of ether oxygens (including phenoxy) is 1. The van der Waals surface area contributed by atoms with Gasteiger partial charge in [-0.25, -0.2) is 9.07 Å². The summed E-state index contributed by atoms with van der Waals surface area (Å²) >= 11 is 1.54. The lowest BCUT2D eigenvalue weighted by molar-refractivity contribution is -0.274. The Labute approximate surface area is 159 Å². The van der Waals surface area contributed by atoms with Crippen LogP contribution >= 0.6 is 11.3 Å². The second kappa shape index (κ2) is 6.33. The van der Waals surface area contributed by atoms with Gasteiger partial charge in [0.25, 0.3) is 5.56 Å². The predicted molar refractivity (Wildman–Crippen MR) is 97.3 cm³/mol. The molecule has 3 heterocycles. The minimum absolute atomic E-state index is 0.137. The Morgan fingerprint density at radius 2 is 2.00 bits per heavy atom. The first kappa shape index (κ1) is 18.5. The number of rotatable bonds is 3. The molecular formula is C18H13F4N3O2S. The van der Waals surface area contributed by atoms with Crippen molar-refractivity contribution in [3.8, 4) is 5.75 Å². The van der Waals surface area contributed by atoms with Crippen LogP contribution in [0, 0.1) is 12.7 Å². The fourth-order valence-corrected chi connectivity index (χ4v) is 4.23. The van der Waals surface area contributed by atoms with Crippen molar-refractivity contribution in [3.05, 3.63) is 57.1 Å². The average Bonchev–Trinajstić information content (AvgIpc) is 3.09. The van der Waals surface area contributed by atoms with Gasteiger partial charge in [-0.3, -0.25) is 4.79 Å². The van der Waals surface area contributed by atoms with Crippen LogP contribution in [0.1, 0.15) is 10.4 Å². The van der Waals surface area contributed by atoms with Crippen LogP contribution in [-0.4, -0.2) is 20.7 Å². The molecule has 3 aromatic heterocycles. The largest absolute Gasteiger partial charge is 0.573 e. The zero-order valence-corrected chi connectivity index (χ0v) is 15.5. The Morgan fingerprint density at radius 3 is 2.71 bits per heavy atom. The summed E-state index contributed by atoms with van der Waals surface area (Å²) in [6, 6.07) is 4.61. The van der Waals surface area contributed by atoms with E-state index >= 15 is 0 Å². The maximum atomic E-state index is 14.1. The minimum Gasteiger partial charge on any atom is -0.406 e. The van der Waals surface area contributed by atoms with Gasteiger partial charge in [0.1, 0.15) is 17.1 Å². The van der Waals surface area contributed by atoms with E-state index in [0.29, 0.717) is 10.9 Å². The van der Waals surface area contributed by atoms with Crippen molar-refractivity contribution >= 4 is 32.5 Å². The molecule has 0 fully saturated rings. The first-order chi connectivity index (χ1) is 13.1. The van der Waals surface area contributed by atoms with E-state index in [0.717, 1.165) is 38.0 Å². The molecule has 0 aliphatic rings. The number of halogens is 4. The first-order valence-corrected chi connectivity index (χ1v) is 8.94. The fraction of sp³-hybridized carbons (Fsp3) is 0.222. The highest BCUT2D eigenvalue weighted by atomic mass is 32.1. The van der Waals surface area contributed by atoms with Gasteiger partial charge in [-0.1, -0.05) is 0 Å². The fourth-order valence-electron chi connectivity index (χ4n) is 3.18. The van der Waals surface area contributed by atoms with Crippen molar-refractivity contribution in [2.45, 2.75) is 19.8 Å². The number of aryl methyl sites for hydroxylation is 2. The van der Waals surface area contributed by atoms with Crippen LogP contribution < -0.4 is 10.3 Å². The molecule has 146 valence electrons. The zero-order valence-electron chi connectivity index (χ0n) is 14.7. The second-order valence-electron chi connectivity index (χ2n) is 6.30. The van der Waals surface area contributed by atoms with Crippen molar-refractivity contribution in [2.24, 2.45) is 7.05 Å². The number of fused-ring (bicyclic) bond motifs is 3. The molecule has 28 heavy (non-hydrogen) atoms. The maximum Gasteiger partial charge on any atom is 0.573 e. The molecule has 4 aromatic rings. The van der Waals surface area contributed by atoms with E-state index in [1.165, 1.54) is 17.5 Å². The van der Waals surface area contributed by atoms with Crippen LogP contribution in [0.25, 0.3) is 21.1 Å². The van der Waals surface area contributed by atoms with Gasteiger partial charge in [-0.2, -0.15) is 5.10 Å². The predicted octanol–water partition coefficient (Wildman–Crippen LogP) is 4.34. The Balaban J connectivity index is 1.78. The van der Waals surface area contributed by atoms with E-state index in [1.54, 1.807) is 11.6 Å². The summed E-state index contributed by atoms with van der Waals surface area (Å²) in [5.74, 6) is -1.32. The van der Waals surface area contributed by atoms with Crippen LogP contribution in [0.5, 0.6) is 5.75 Å². The average molecular weight is 411 g/mol. The SMILES string of the molecule is Cc1cc2c(s1)c1cnn(Cc3cc(OC(F)(F)F)ccc3F)c(=O)c1n2C. The quantitative estimate of drug-likeness (QED) is 0.471. The summed E-state index contributed by atoms with van der Waals surface area (Å²) < 4.78 is 58.8.